The van der Waals surface area contributed by atoms with Gasteiger partial charge in [0.05, 0.1) is 18.9 Å². The largest absolute Gasteiger partial charge is 0.497 e. The number of hydrogen-bond donors (Lipinski definition) is 0. The predicted molar refractivity (Wildman–Crippen MR) is 88.1 cm³/mol. The molecule has 22 heavy (non-hydrogen) atoms. The fourth-order valence-corrected chi connectivity index (χ4v) is 2.74. The van der Waals surface area contributed by atoms with Gasteiger partial charge in [-0.1, -0.05) is 24.3 Å². The van der Waals surface area contributed by atoms with E-state index < -0.39 is 0 Å². The van der Waals surface area contributed by atoms with Crippen molar-refractivity contribution < 1.29 is 9.53 Å². The van der Waals surface area contributed by atoms with Crippen LogP contribution in [-0.4, -0.2) is 25.3 Å². The van der Waals surface area contributed by atoms with Crippen LogP contribution in [0.5, 0.6) is 5.75 Å². The van der Waals surface area contributed by atoms with E-state index in [1.807, 2.05) is 60.7 Å². The molecule has 0 saturated heterocycles. The van der Waals surface area contributed by atoms with Crippen LogP contribution < -0.4 is 9.64 Å². The normalized spacial score (nSPS) is 9.82. The second-order valence-corrected chi connectivity index (χ2v) is 5.49. The van der Waals surface area contributed by atoms with Gasteiger partial charge >= 0.3 is 0 Å². The fraction of sp³-hybridized carbons (Fsp3) is 0.176. The summed E-state index contributed by atoms with van der Waals surface area (Å²) in [7, 11) is 1.61. The van der Waals surface area contributed by atoms with Crippen LogP contribution in [0, 0.1) is 11.3 Å². The van der Waals surface area contributed by atoms with E-state index in [1.165, 1.54) is 16.7 Å². The van der Waals surface area contributed by atoms with Crippen molar-refractivity contribution in [2.75, 3.05) is 24.3 Å². The van der Waals surface area contributed by atoms with E-state index in [1.54, 1.807) is 7.11 Å². The van der Waals surface area contributed by atoms with Crippen LogP contribution in [0.4, 0.5) is 5.69 Å². The highest BCUT2D eigenvalue weighted by Gasteiger charge is 2.15. The maximum absolute atomic E-state index is 12.4. The third-order valence-corrected chi connectivity index (χ3v) is 3.98. The summed E-state index contributed by atoms with van der Waals surface area (Å²) in [6.07, 6.45) is 0. The summed E-state index contributed by atoms with van der Waals surface area (Å²) in [4.78, 5) is 14.8. The van der Waals surface area contributed by atoms with Crippen LogP contribution in [0.25, 0.3) is 0 Å². The molecule has 2 aromatic carbocycles. The van der Waals surface area contributed by atoms with E-state index in [9.17, 15) is 4.79 Å². The molecule has 4 nitrogen and oxygen atoms in total. The van der Waals surface area contributed by atoms with Gasteiger partial charge in [-0.15, -0.1) is 11.8 Å². The molecule has 5 heteroatoms. The van der Waals surface area contributed by atoms with Gasteiger partial charge in [0.15, 0.2) is 0 Å². The number of methoxy groups -OCH3 is 1. The number of thioether (sulfide) groups is 1. The van der Waals surface area contributed by atoms with Crippen LogP contribution in [0.1, 0.15) is 0 Å². The highest BCUT2D eigenvalue weighted by Crippen LogP contribution is 2.24. The summed E-state index contributed by atoms with van der Waals surface area (Å²) in [6, 6.07) is 18.8. The first-order chi connectivity index (χ1) is 10.7. The molecule has 0 aliphatic carbocycles. The molecule has 0 aromatic heterocycles. The lowest BCUT2D eigenvalue weighted by molar-refractivity contribution is -0.116. The van der Waals surface area contributed by atoms with Crippen LogP contribution in [0.3, 0.4) is 0 Å². The molecule has 2 rings (SSSR count). The number of nitrogens with zero attached hydrogens (tertiary/aromatic N) is 2. The Morgan fingerprint density at radius 1 is 1.23 bits per heavy atom. The third kappa shape index (κ3) is 4.27. The minimum atomic E-state index is -0.0967. The molecule has 0 fully saturated rings. The van der Waals surface area contributed by atoms with E-state index >= 15 is 0 Å². The second kappa shape index (κ2) is 8.11. The average molecular weight is 312 g/mol. The molecule has 0 aliphatic heterocycles. The van der Waals surface area contributed by atoms with Crippen molar-refractivity contribution in [1.29, 1.82) is 5.26 Å². The number of amides is 1. The summed E-state index contributed by atoms with van der Waals surface area (Å²) in [5.41, 5.74) is 0.736. The molecule has 0 bridgehead atoms. The van der Waals surface area contributed by atoms with Crippen LogP contribution >= 0.6 is 11.8 Å². The van der Waals surface area contributed by atoms with Gasteiger partial charge in [-0.2, -0.15) is 5.26 Å². The van der Waals surface area contributed by atoms with Crippen molar-refractivity contribution in [2.24, 2.45) is 0 Å². The van der Waals surface area contributed by atoms with Crippen molar-refractivity contribution in [3.8, 4) is 11.8 Å². The minimum absolute atomic E-state index is 0.0432. The van der Waals surface area contributed by atoms with Crippen LogP contribution in [-0.2, 0) is 4.79 Å². The van der Waals surface area contributed by atoms with E-state index in [0.717, 1.165) is 16.3 Å². The molecule has 0 saturated carbocycles. The Bertz CT molecular complexity index is 668. The molecule has 0 N–H and O–H groups in total. The zero-order chi connectivity index (χ0) is 15.8. The van der Waals surface area contributed by atoms with Gasteiger partial charge < -0.3 is 4.74 Å². The molecule has 0 aliphatic rings. The van der Waals surface area contributed by atoms with Crippen LogP contribution in [0.2, 0.25) is 0 Å². The summed E-state index contributed by atoms with van der Waals surface area (Å²) in [5, 5.41) is 8.93. The van der Waals surface area contributed by atoms with Gasteiger partial charge in [-0.05, 0) is 30.3 Å². The maximum Gasteiger partial charge on any atom is 0.238 e. The number of carbonyl (C=O) groups excluding carboxylic acids is 1. The zero-order valence-electron chi connectivity index (χ0n) is 12.2. The Hall–Kier alpha value is -2.45. The van der Waals surface area contributed by atoms with Gasteiger partial charge in [0.25, 0.3) is 0 Å². The number of anilines is 1. The van der Waals surface area contributed by atoms with E-state index in [0.29, 0.717) is 0 Å². The molecule has 0 heterocycles. The van der Waals surface area contributed by atoms with Crippen molar-refractivity contribution in [3.63, 3.8) is 0 Å². The highest BCUT2D eigenvalue weighted by molar-refractivity contribution is 8.00. The second-order valence-electron chi connectivity index (χ2n) is 4.44. The van der Waals surface area contributed by atoms with Gasteiger partial charge in [0, 0.05) is 10.6 Å². The molecule has 0 radical (unpaired) electrons. The fourth-order valence-electron chi connectivity index (χ4n) is 1.92. The van der Waals surface area contributed by atoms with Crippen molar-refractivity contribution in [2.45, 2.75) is 4.90 Å². The number of rotatable bonds is 6. The zero-order valence-corrected chi connectivity index (χ0v) is 13.0. The molecule has 0 unspecified atom stereocenters. The summed E-state index contributed by atoms with van der Waals surface area (Å²) in [6.45, 7) is 0.0432. The van der Waals surface area contributed by atoms with Crippen molar-refractivity contribution in [3.05, 3.63) is 54.6 Å². The average Bonchev–Trinajstić information content (AvgIpc) is 2.58. The number of nitriles is 1. The van der Waals surface area contributed by atoms with Gasteiger partial charge in [-0.3, -0.25) is 9.69 Å². The number of hydrogen-bond acceptors (Lipinski definition) is 4. The summed E-state index contributed by atoms with van der Waals surface area (Å²) < 4.78 is 5.17. The SMILES string of the molecule is COc1cccc(SCC(=O)N(CC#N)c2ccccc2)c1. The van der Waals surface area contributed by atoms with Gasteiger partial charge in [0.2, 0.25) is 5.91 Å². The van der Waals surface area contributed by atoms with Crippen molar-refractivity contribution in [1.82, 2.24) is 0 Å². The Morgan fingerprint density at radius 3 is 2.68 bits per heavy atom. The quantitative estimate of drug-likeness (QED) is 0.606. The Kier molecular flexibility index (Phi) is 5.87. The molecular formula is C17H16N2O2S. The standard InChI is InChI=1S/C17H16N2O2S/c1-21-15-8-5-9-16(12-15)22-13-17(20)19(11-10-18)14-6-3-2-4-7-14/h2-9,12H,11,13H2,1H3. The summed E-state index contributed by atoms with van der Waals surface area (Å²) in [5.74, 6) is 0.930. The smallest absolute Gasteiger partial charge is 0.238 e. The number of carbonyl (C=O) groups is 1. The monoisotopic (exact) mass is 312 g/mol. The lowest BCUT2D eigenvalue weighted by Crippen LogP contribution is -2.32. The van der Waals surface area contributed by atoms with E-state index in [4.69, 9.17) is 10.00 Å². The number of para-hydroxylation sites is 1. The third-order valence-electron chi connectivity index (χ3n) is 3.00. The Labute approximate surface area is 134 Å². The molecular weight excluding hydrogens is 296 g/mol. The lowest BCUT2D eigenvalue weighted by atomic mass is 10.3. The van der Waals surface area contributed by atoms with Crippen LogP contribution in [0.15, 0.2) is 59.5 Å². The predicted octanol–water partition coefficient (Wildman–Crippen LogP) is 3.34. The lowest BCUT2D eigenvalue weighted by Gasteiger charge is -2.19. The molecule has 0 atom stereocenters. The first-order valence-corrected chi connectivity index (χ1v) is 7.72. The molecule has 2 aromatic rings. The van der Waals surface area contributed by atoms with E-state index in [-0.39, 0.29) is 18.2 Å². The topological polar surface area (TPSA) is 53.3 Å². The minimum Gasteiger partial charge on any atom is -0.497 e. The molecule has 0 spiro atoms. The number of ether oxygens (including phenoxy) is 1. The van der Waals surface area contributed by atoms with Crippen molar-refractivity contribution >= 4 is 23.4 Å². The number of benzene rings is 2. The first kappa shape index (κ1) is 15.9. The summed E-state index contributed by atoms with van der Waals surface area (Å²) >= 11 is 1.43. The van der Waals surface area contributed by atoms with E-state index in [2.05, 4.69) is 0 Å². The highest BCUT2D eigenvalue weighted by atomic mass is 32.2. The Morgan fingerprint density at radius 2 is 2.00 bits per heavy atom. The van der Waals surface area contributed by atoms with Gasteiger partial charge in [-0.25, -0.2) is 0 Å². The van der Waals surface area contributed by atoms with Gasteiger partial charge in [0.1, 0.15) is 12.3 Å². The first-order valence-electron chi connectivity index (χ1n) is 6.74. The molecule has 1 amide bonds. The maximum atomic E-state index is 12.4. The molecule has 112 valence electrons. The Balaban J connectivity index is 2.04.